The summed E-state index contributed by atoms with van der Waals surface area (Å²) in [5.41, 5.74) is 10.8. The Morgan fingerprint density at radius 3 is 2.36 bits per heavy atom. The van der Waals surface area contributed by atoms with E-state index in [4.69, 9.17) is 27.1 Å². The number of carbonyl (C=O) groups is 1. The Morgan fingerprint density at radius 1 is 1.00 bits per heavy atom. The Kier molecular flexibility index (Phi) is 18.1. The molecule has 5 rings (SSSR count). The maximum Gasteiger partial charge on any atom is 0.306 e. The molecule has 1 fully saturated rings. The second-order valence-electron chi connectivity index (χ2n) is 15.1. The van der Waals surface area contributed by atoms with Crippen molar-refractivity contribution in [2.75, 3.05) is 12.9 Å². The van der Waals surface area contributed by atoms with Gasteiger partial charge >= 0.3 is 5.97 Å². The van der Waals surface area contributed by atoms with E-state index in [2.05, 4.69) is 63.2 Å². The summed E-state index contributed by atoms with van der Waals surface area (Å²) in [5, 5.41) is 12.7. The van der Waals surface area contributed by atoms with Gasteiger partial charge in [-0.2, -0.15) is 11.8 Å². The predicted octanol–water partition coefficient (Wildman–Crippen LogP) is 12.2. The summed E-state index contributed by atoms with van der Waals surface area (Å²) in [6.45, 7) is 14.3. The van der Waals surface area contributed by atoms with Crippen molar-refractivity contribution in [1.29, 1.82) is 0 Å². The number of thioether (sulfide) groups is 1. The van der Waals surface area contributed by atoms with Crippen LogP contribution in [0, 0.1) is 11.3 Å². The predicted molar refractivity (Wildman–Crippen MR) is 229 cm³/mol. The fraction of sp³-hybridized carbons (Fsp3) is 0.478. The molecule has 2 atom stereocenters. The lowest BCUT2D eigenvalue weighted by Gasteiger charge is -2.29. The summed E-state index contributed by atoms with van der Waals surface area (Å²) in [7, 11) is 1.45. The quantitative estimate of drug-likeness (QED) is 0.132. The Labute approximate surface area is 329 Å². The lowest BCUT2D eigenvalue weighted by Crippen LogP contribution is -2.25. The molecule has 0 saturated heterocycles. The highest BCUT2D eigenvalue weighted by Gasteiger charge is 2.29. The van der Waals surface area contributed by atoms with E-state index in [1.165, 1.54) is 38.4 Å². The zero-order valence-electron chi connectivity index (χ0n) is 33.3. The molecule has 1 aliphatic carbocycles. The minimum atomic E-state index is -0.909. The van der Waals surface area contributed by atoms with E-state index < -0.39 is 5.60 Å². The molecule has 1 aromatic heterocycles. The number of nitrogens with zero attached hydrogens (tertiary/aromatic N) is 1. The Morgan fingerprint density at radius 2 is 1.70 bits per heavy atom. The molecule has 3 aromatic carbocycles. The Balaban J connectivity index is 0.000000660. The number of nitrogens with two attached hydrogens (primary N) is 1. The van der Waals surface area contributed by atoms with E-state index in [0.717, 1.165) is 64.2 Å². The largest absolute Gasteiger partial charge is 0.469 e. The summed E-state index contributed by atoms with van der Waals surface area (Å²) >= 11 is 8.08. The fourth-order valence-corrected chi connectivity index (χ4v) is 8.20. The van der Waals surface area contributed by atoms with Gasteiger partial charge < -0.3 is 15.6 Å². The van der Waals surface area contributed by atoms with E-state index in [1.54, 1.807) is 0 Å². The summed E-state index contributed by atoms with van der Waals surface area (Å²) in [6, 6.07) is 27.1. The normalized spacial score (nSPS) is 17.6. The zero-order valence-corrected chi connectivity index (χ0v) is 34.9. The van der Waals surface area contributed by atoms with Crippen molar-refractivity contribution >= 4 is 52.4 Å². The van der Waals surface area contributed by atoms with Crippen molar-refractivity contribution in [2.45, 2.75) is 117 Å². The first-order chi connectivity index (χ1) is 25.3. The number of rotatable bonds is 13. The van der Waals surface area contributed by atoms with Gasteiger partial charge in [0.15, 0.2) is 0 Å². The highest BCUT2D eigenvalue weighted by molar-refractivity contribution is 7.99. The molecule has 3 N–H and O–H groups in total. The van der Waals surface area contributed by atoms with Crippen LogP contribution >= 0.6 is 23.4 Å². The number of aromatic nitrogens is 1. The van der Waals surface area contributed by atoms with Crippen LogP contribution in [0.2, 0.25) is 5.02 Å². The zero-order chi connectivity index (χ0) is 39.0. The van der Waals surface area contributed by atoms with E-state index in [1.807, 2.05) is 88.0 Å². The third-order valence-electron chi connectivity index (χ3n) is 10.1. The van der Waals surface area contributed by atoms with Gasteiger partial charge in [0.25, 0.3) is 0 Å². The summed E-state index contributed by atoms with van der Waals surface area (Å²) in [5.74, 6) is 1.60. The molecule has 1 unspecified atom stereocenters. The third-order valence-corrected chi connectivity index (χ3v) is 12.1. The van der Waals surface area contributed by atoms with Crippen molar-refractivity contribution < 1.29 is 14.6 Å². The van der Waals surface area contributed by atoms with E-state index in [0.29, 0.717) is 17.5 Å². The van der Waals surface area contributed by atoms with Crippen molar-refractivity contribution in [1.82, 2.24) is 4.98 Å². The number of hydrogen-bond acceptors (Lipinski definition) is 6. The van der Waals surface area contributed by atoms with Crippen molar-refractivity contribution in [2.24, 2.45) is 17.1 Å². The smallest absolute Gasteiger partial charge is 0.306 e. The summed E-state index contributed by atoms with van der Waals surface area (Å²) in [6.07, 6.45) is 12.3. The second-order valence-corrected chi connectivity index (χ2v) is 16.7. The molecule has 0 aliphatic heterocycles. The van der Waals surface area contributed by atoms with Crippen LogP contribution in [0.15, 0.2) is 78.9 Å². The number of fused-ring (bicyclic) bond motifs is 1. The van der Waals surface area contributed by atoms with Crippen LogP contribution < -0.4 is 5.73 Å². The second kappa shape index (κ2) is 21.7. The Bertz CT molecular complexity index is 1730. The summed E-state index contributed by atoms with van der Waals surface area (Å²) in [4.78, 5) is 17.0. The number of halogens is 1. The molecule has 0 amide bonds. The topological polar surface area (TPSA) is 85.4 Å². The molecule has 0 spiro atoms. The number of carbonyl (C=O) groups excluding carboxylic acids is 1. The number of ether oxygens (including phenoxy) is 1. The van der Waals surface area contributed by atoms with Gasteiger partial charge in [0.2, 0.25) is 0 Å². The first-order valence-electron chi connectivity index (χ1n) is 19.4. The average molecular weight is 760 g/mol. The van der Waals surface area contributed by atoms with Gasteiger partial charge in [0.05, 0.1) is 30.3 Å². The number of esters is 1. The molecule has 1 aliphatic rings. The number of benzene rings is 3. The van der Waals surface area contributed by atoms with Crippen LogP contribution in [-0.4, -0.2) is 35.0 Å². The van der Waals surface area contributed by atoms with E-state index in [9.17, 15) is 9.90 Å². The van der Waals surface area contributed by atoms with E-state index >= 15 is 0 Å². The van der Waals surface area contributed by atoms with Gasteiger partial charge in [-0.1, -0.05) is 113 Å². The van der Waals surface area contributed by atoms with Crippen LogP contribution in [0.1, 0.15) is 127 Å². The molecular weight excluding hydrogens is 696 g/mol. The molecule has 0 radical (unpaired) electrons. The highest BCUT2D eigenvalue weighted by atomic mass is 35.5. The van der Waals surface area contributed by atoms with Gasteiger partial charge in [-0.15, -0.1) is 0 Å². The lowest BCUT2D eigenvalue weighted by atomic mass is 9.86. The lowest BCUT2D eigenvalue weighted by molar-refractivity contribution is -0.142. The molecule has 1 heterocycles. The minimum Gasteiger partial charge on any atom is -0.469 e. The number of aryl methyl sites for hydroxylation is 1. The number of hydrogen-bond donors (Lipinski definition) is 2. The molecule has 53 heavy (non-hydrogen) atoms. The van der Waals surface area contributed by atoms with Crippen LogP contribution in [0.4, 0.5) is 0 Å². The van der Waals surface area contributed by atoms with E-state index in [-0.39, 0.29) is 16.6 Å². The van der Waals surface area contributed by atoms with Crippen molar-refractivity contribution in [3.05, 3.63) is 112 Å². The van der Waals surface area contributed by atoms with Gasteiger partial charge in [0, 0.05) is 21.7 Å². The standard InChI is InChI=1S/C37H42ClNO3S.C7H15N.C2H6/c1-6-37(4,24-35(40)42-5)25-43-34(21-17-27-11-7-8-13-32(27)36(2,3)41)29-12-9-10-26(22-29)14-19-31-20-16-28-15-18-30(38)23-33(28)39-31;1-6-2-4-7(8)5-3-6;1-2/h7-16,18-20,22-23,34,41H,6,17,21,24-25H2,1-5H3;6-7H,2-5,8H2,1H3;1-2H3/b19-14+;;/t34-,37?;;/m1../s1. The molecule has 7 heteroatoms. The molecule has 5 nitrogen and oxygen atoms in total. The molecule has 1 saturated carbocycles. The average Bonchev–Trinajstić information content (AvgIpc) is 3.16. The molecule has 4 aromatic rings. The van der Waals surface area contributed by atoms with Crippen molar-refractivity contribution in [3.8, 4) is 0 Å². The van der Waals surface area contributed by atoms with Crippen molar-refractivity contribution in [3.63, 3.8) is 0 Å². The first kappa shape index (κ1) is 44.2. The van der Waals surface area contributed by atoms with Crippen LogP contribution in [0.3, 0.4) is 0 Å². The van der Waals surface area contributed by atoms with Gasteiger partial charge in [-0.3, -0.25) is 4.79 Å². The fourth-order valence-electron chi connectivity index (χ4n) is 6.50. The van der Waals surface area contributed by atoms with Gasteiger partial charge in [0.1, 0.15) is 0 Å². The van der Waals surface area contributed by atoms with Crippen LogP contribution in [0.5, 0.6) is 0 Å². The maximum atomic E-state index is 12.2. The van der Waals surface area contributed by atoms with Crippen LogP contribution in [0.25, 0.3) is 23.1 Å². The third kappa shape index (κ3) is 14.5. The number of methoxy groups -OCH3 is 1. The molecular formula is C46H63ClN2O3S. The maximum absolute atomic E-state index is 12.2. The SMILES string of the molecule is CC.CC1CCC(N)CC1.CCC(C)(CS[C@H](CCc1ccccc1C(C)(C)O)c1cccc(/C=C/c2ccc3ccc(Cl)cc3n2)c1)CC(=O)OC. The minimum absolute atomic E-state index is 0.164. The highest BCUT2D eigenvalue weighted by Crippen LogP contribution is 2.41. The van der Waals surface area contributed by atoms with Gasteiger partial charge in [-0.05, 0) is 122 Å². The number of pyridine rings is 1. The summed E-state index contributed by atoms with van der Waals surface area (Å²) < 4.78 is 5.01. The van der Waals surface area contributed by atoms with Gasteiger partial charge in [-0.25, -0.2) is 4.98 Å². The number of aliphatic hydroxyl groups is 1. The molecule has 0 bridgehead atoms. The Hall–Kier alpha value is -3.16. The monoisotopic (exact) mass is 758 g/mol. The van der Waals surface area contributed by atoms with Crippen LogP contribution in [-0.2, 0) is 21.6 Å². The molecule has 288 valence electrons. The first-order valence-corrected chi connectivity index (χ1v) is 20.8.